The predicted octanol–water partition coefficient (Wildman–Crippen LogP) is 4.79. The van der Waals surface area contributed by atoms with E-state index in [0.29, 0.717) is 5.02 Å². The molecule has 136 valence electrons. The summed E-state index contributed by atoms with van der Waals surface area (Å²) in [5.41, 5.74) is 2.16. The molecule has 0 radical (unpaired) electrons. The van der Waals surface area contributed by atoms with Gasteiger partial charge in [-0.3, -0.25) is 14.5 Å². The summed E-state index contributed by atoms with van der Waals surface area (Å²) in [5.74, 6) is 0.901. The molecule has 2 atom stereocenters. The maximum absolute atomic E-state index is 6.07. The molecule has 7 heteroatoms. The number of halogens is 1. The minimum Gasteiger partial charge on any atom is -0.300 e. The molecule has 0 unspecified atom stereocenters. The normalized spacial score (nSPS) is 13.8. The molecule has 0 aliphatic carbocycles. The Morgan fingerprint density at radius 2 is 1.81 bits per heavy atom. The van der Waals surface area contributed by atoms with E-state index in [0.717, 1.165) is 22.2 Å². The second-order valence-electron chi connectivity index (χ2n) is 6.34. The molecular weight excluding hydrogens is 366 g/mol. The summed E-state index contributed by atoms with van der Waals surface area (Å²) in [4.78, 5) is 6.34. The number of aromatic nitrogens is 4. The Hall–Kier alpha value is -1.89. The van der Waals surface area contributed by atoms with Crippen LogP contribution in [0, 0.1) is 0 Å². The topological polar surface area (TPSA) is 46.8 Å². The lowest BCUT2D eigenvalue weighted by Gasteiger charge is -2.21. The van der Waals surface area contributed by atoms with Crippen LogP contribution in [0.2, 0.25) is 5.02 Å². The molecule has 0 N–H and O–H groups in total. The molecule has 0 aliphatic heterocycles. The highest BCUT2D eigenvalue weighted by molar-refractivity contribution is 7.99. The SMILES string of the molecule is C[C@H](Sc1nnc([C@@H](C)N(C)C)n1-c1ccc(Cl)cc1)c1cccnc1. The number of thioether (sulfide) groups is 1. The zero-order valence-electron chi connectivity index (χ0n) is 15.3. The third-order valence-electron chi connectivity index (χ3n) is 4.33. The summed E-state index contributed by atoms with van der Waals surface area (Å²) in [7, 11) is 4.08. The van der Waals surface area contributed by atoms with E-state index in [1.807, 2.05) is 50.6 Å². The van der Waals surface area contributed by atoms with Crippen LogP contribution in [0.25, 0.3) is 5.69 Å². The van der Waals surface area contributed by atoms with Crippen molar-refractivity contribution < 1.29 is 0 Å². The van der Waals surface area contributed by atoms with Crippen molar-refractivity contribution >= 4 is 23.4 Å². The Labute approximate surface area is 163 Å². The van der Waals surface area contributed by atoms with Crippen LogP contribution >= 0.6 is 23.4 Å². The van der Waals surface area contributed by atoms with Crippen LogP contribution in [0.1, 0.15) is 36.5 Å². The fraction of sp³-hybridized carbons (Fsp3) is 0.316. The van der Waals surface area contributed by atoms with Gasteiger partial charge in [0, 0.05) is 28.4 Å². The van der Waals surface area contributed by atoms with Crippen LogP contribution in [-0.4, -0.2) is 38.7 Å². The van der Waals surface area contributed by atoms with Crippen molar-refractivity contribution in [1.82, 2.24) is 24.6 Å². The molecule has 2 heterocycles. The highest BCUT2D eigenvalue weighted by atomic mass is 35.5. The Kier molecular flexibility index (Phi) is 5.96. The van der Waals surface area contributed by atoms with Crippen molar-refractivity contribution in [2.24, 2.45) is 0 Å². The van der Waals surface area contributed by atoms with E-state index in [9.17, 15) is 0 Å². The summed E-state index contributed by atoms with van der Waals surface area (Å²) in [6.45, 7) is 4.27. The largest absolute Gasteiger partial charge is 0.300 e. The first kappa shape index (κ1) is 18.9. The van der Waals surface area contributed by atoms with Crippen molar-refractivity contribution in [2.75, 3.05) is 14.1 Å². The molecule has 2 aromatic heterocycles. The summed E-state index contributed by atoms with van der Waals surface area (Å²) < 4.78 is 2.11. The van der Waals surface area contributed by atoms with E-state index in [-0.39, 0.29) is 11.3 Å². The highest BCUT2D eigenvalue weighted by Gasteiger charge is 2.22. The van der Waals surface area contributed by atoms with Crippen molar-refractivity contribution in [2.45, 2.75) is 30.3 Å². The molecule has 0 amide bonds. The highest BCUT2D eigenvalue weighted by Crippen LogP contribution is 2.36. The standard InChI is InChI=1S/C19H22ClN5S/c1-13(24(3)4)18-22-23-19(25(18)17-9-7-16(20)8-10-17)26-14(2)15-6-5-11-21-12-15/h5-14H,1-4H3/t13-,14+/m1/s1. The molecular formula is C19H22ClN5S. The minimum atomic E-state index is 0.126. The lowest BCUT2D eigenvalue weighted by atomic mass is 10.2. The number of rotatable bonds is 6. The molecule has 0 saturated carbocycles. The molecule has 0 saturated heterocycles. The lowest BCUT2D eigenvalue weighted by Crippen LogP contribution is -2.20. The maximum Gasteiger partial charge on any atom is 0.196 e. The summed E-state index contributed by atoms with van der Waals surface area (Å²) in [6, 6.07) is 11.9. The number of nitrogens with zero attached hydrogens (tertiary/aromatic N) is 5. The van der Waals surface area contributed by atoms with Crippen LogP contribution in [0.4, 0.5) is 0 Å². The zero-order valence-corrected chi connectivity index (χ0v) is 16.9. The van der Waals surface area contributed by atoms with Crippen molar-refractivity contribution in [3.8, 4) is 5.69 Å². The van der Waals surface area contributed by atoms with E-state index in [4.69, 9.17) is 11.6 Å². The molecule has 3 aromatic rings. The van der Waals surface area contributed by atoms with E-state index in [1.54, 1.807) is 18.0 Å². The third-order valence-corrected chi connectivity index (χ3v) is 5.68. The Morgan fingerprint density at radius 3 is 2.42 bits per heavy atom. The molecule has 0 fully saturated rings. The minimum absolute atomic E-state index is 0.126. The van der Waals surface area contributed by atoms with Gasteiger partial charge in [0.2, 0.25) is 0 Å². The van der Waals surface area contributed by atoms with Gasteiger partial charge in [0.05, 0.1) is 6.04 Å². The van der Waals surface area contributed by atoms with Gasteiger partial charge in [-0.25, -0.2) is 0 Å². The van der Waals surface area contributed by atoms with Gasteiger partial charge in [0.15, 0.2) is 11.0 Å². The van der Waals surface area contributed by atoms with Crippen LogP contribution in [0.5, 0.6) is 0 Å². The van der Waals surface area contributed by atoms with Gasteiger partial charge in [0.1, 0.15) is 0 Å². The second kappa shape index (κ2) is 8.20. The Bertz CT molecular complexity index is 848. The number of benzene rings is 1. The van der Waals surface area contributed by atoms with Gasteiger partial charge in [0.25, 0.3) is 0 Å². The van der Waals surface area contributed by atoms with Gasteiger partial charge < -0.3 is 0 Å². The predicted molar refractivity (Wildman–Crippen MR) is 107 cm³/mol. The average Bonchev–Trinajstić information content (AvgIpc) is 3.05. The monoisotopic (exact) mass is 387 g/mol. The molecule has 0 bridgehead atoms. The first-order chi connectivity index (χ1) is 12.5. The van der Waals surface area contributed by atoms with Crippen LogP contribution < -0.4 is 0 Å². The Balaban J connectivity index is 2.01. The van der Waals surface area contributed by atoms with Crippen LogP contribution in [0.3, 0.4) is 0 Å². The average molecular weight is 388 g/mol. The summed E-state index contributed by atoms with van der Waals surface area (Å²) >= 11 is 7.74. The van der Waals surface area contributed by atoms with Crippen LogP contribution in [0.15, 0.2) is 53.9 Å². The molecule has 26 heavy (non-hydrogen) atoms. The summed E-state index contributed by atoms with van der Waals surface area (Å²) in [5, 5.41) is 10.7. The van der Waals surface area contributed by atoms with Crippen molar-refractivity contribution in [3.05, 3.63) is 65.2 Å². The maximum atomic E-state index is 6.07. The van der Waals surface area contributed by atoms with E-state index >= 15 is 0 Å². The van der Waals surface area contributed by atoms with Gasteiger partial charge in [-0.05, 0) is 63.8 Å². The molecule has 0 aliphatic rings. The fourth-order valence-corrected chi connectivity index (χ4v) is 3.64. The fourth-order valence-electron chi connectivity index (χ4n) is 2.53. The summed E-state index contributed by atoms with van der Waals surface area (Å²) in [6.07, 6.45) is 3.68. The first-order valence-electron chi connectivity index (χ1n) is 8.41. The van der Waals surface area contributed by atoms with Crippen LogP contribution in [-0.2, 0) is 0 Å². The van der Waals surface area contributed by atoms with Gasteiger partial charge in [-0.15, -0.1) is 10.2 Å². The molecule has 0 spiro atoms. The van der Waals surface area contributed by atoms with Gasteiger partial charge >= 0.3 is 0 Å². The number of hydrogen-bond donors (Lipinski definition) is 0. The van der Waals surface area contributed by atoms with Gasteiger partial charge in [-0.2, -0.15) is 0 Å². The van der Waals surface area contributed by atoms with E-state index < -0.39 is 0 Å². The molecule has 3 rings (SSSR count). The zero-order chi connectivity index (χ0) is 18.7. The first-order valence-corrected chi connectivity index (χ1v) is 9.67. The quantitative estimate of drug-likeness (QED) is 0.569. The smallest absolute Gasteiger partial charge is 0.196 e. The number of pyridine rings is 1. The van der Waals surface area contributed by atoms with Crippen molar-refractivity contribution in [3.63, 3.8) is 0 Å². The third kappa shape index (κ3) is 4.09. The number of hydrogen-bond acceptors (Lipinski definition) is 5. The van der Waals surface area contributed by atoms with E-state index in [2.05, 4.69) is 44.6 Å². The second-order valence-corrected chi connectivity index (χ2v) is 8.08. The Morgan fingerprint density at radius 1 is 1.08 bits per heavy atom. The molecule has 5 nitrogen and oxygen atoms in total. The van der Waals surface area contributed by atoms with Gasteiger partial charge in [-0.1, -0.05) is 29.4 Å². The van der Waals surface area contributed by atoms with Crippen molar-refractivity contribution in [1.29, 1.82) is 0 Å². The molecule has 1 aromatic carbocycles. The lowest BCUT2D eigenvalue weighted by molar-refractivity contribution is 0.305. The van der Waals surface area contributed by atoms with E-state index in [1.165, 1.54) is 0 Å².